The van der Waals surface area contributed by atoms with Crippen LogP contribution in [0.3, 0.4) is 0 Å². The number of rotatable bonds is 1. The molecule has 0 aliphatic heterocycles. The molecule has 0 aromatic rings. The number of hydrogen-bond donors (Lipinski definition) is 2. The Morgan fingerprint density at radius 2 is 1.50 bits per heavy atom. The summed E-state index contributed by atoms with van der Waals surface area (Å²) in [5, 5.41) is 15.8. The highest BCUT2D eigenvalue weighted by Crippen LogP contribution is 2.29. The lowest BCUT2D eigenvalue weighted by Gasteiger charge is -2.10. The first-order valence-corrected chi connectivity index (χ1v) is 3.62. The maximum absolute atomic E-state index is 9.45. The number of benzene rings is 1. The van der Waals surface area contributed by atoms with E-state index in [9.17, 15) is 4.79 Å². The molecule has 0 fully saturated rings. The van der Waals surface area contributed by atoms with Crippen LogP contribution in [0.25, 0.3) is 11.1 Å². The minimum atomic E-state index is -1.23. The molecule has 0 aromatic carbocycles. The molecule has 2 N–H and O–H groups in total. The molecule has 1 unspecified atom stereocenters. The summed E-state index contributed by atoms with van der Waals surface area (Å²) in [6, 6.07) is 8.48. The molecular weight excluding hydrogens is 156 g/mol. The lowest BCUT2D eigenvalue weighted by molar-refractivity contribution is -0.145. The van der Waals surface area contributed by atoms with E-state index < -0.39 is 12.1 Å². The number of carboxylic acid groups (broad SMARTS) is 1. The molecule has 0 spiro atoms. The van der Waals surface area contributed by atoms with Crippen molar-refractivity contribution in [3.8, 4) is 11.1 Å². The van der Waals surface area contributed by atoms with Crippen molar-refractivity contribution in [2.45, 2.75) is 13.0 Å². The minimum absolute atomic E-state index is 1.19. The Bertz CT molecular complexity index is 253. The van der Waals surface area contributed by atoms with Gasteiger partial charge < -0.3 is 10.2 Å². The van der Waals surface area contributed by atoms with Crippen LogP contribution in [0.5, 0.6) is 0 Å². The predicted molar refractivity (Wildman–Crippen MR) is 44.8 cm³/mol. The Kier molecular flexibility index (Phi) is 2.45. The van der Waals surface area contributed by atoms with E-state index in [1.54, 1.807) is 0 Å². The first-order valence-electron chi connectivity index (χ1n) is 3.62. The Balaban J connectivity index is 0.000000120. The first-order chi connectivity index (χ1) is 5.61. The summed E-state index contributed by atoms with van der Waals surface area (Å²) >= 11 is 0. The number of fused-ring (bicyclic) bond motifs is 1. The Hall–Kier alpha value is -1.35. The van der Waals surface area contributed by atoms with Crippen molar-refractivity contribution in [2.75, 3.05) is 0 Å². The molecule has 3 nitrogen and oxygen atoms in total. The second-order valence-electron chi connectivity index (χ2n) is 2.59. The maximum Gasteiger partial charge on any atom is 0.332 e. The van der Waals surface area contributed by atoms with Gasteiger partial charge in [-0.2, -0.15) is 0 Å². The van der Waals surface area contributed by atoms with Gasteiger partial charge in [-0.25, -0.2) is 4.79 Å². The van der Waals surface area contributed by atoms with Gasteiger partial charge in [-0.3, -0.25) is 0 Å². The van der Waals surface area contributed by atoms with Crippen LogP contribution < -0.4 is 0 Å². The normalized spacial score (nSPS) is 12.5. The monoisotopic (exact) mass is 166 g/mol. The number of aliphatic hydroxyl groups excluding tert-OH is 1. The van der Waals surface area contributed by atoms with Crippen LogP contribution in [0.2, 0.25) is 0 Å². The van der Waals surface area contributed by atoms with Crippen LogP contribution in [0.15, 0.2) is 24.3 Å². The lowest BCUT2D eigenvalue weighted by atomic mass is 9.95. The van der Waals surface area contributed by atoms with Crippen molar-refractivity contribution in [1.82, 2.24) is 0 Å². The molecule has 0 saturated heterocycles. The lowest BCUT2D eigenvalue weighted by Crippen LogP contribution is -2.13. The van der Waals surface area contributed by atoms with Gasteiger partial charge in [0.1, 0.15) is 6.10 Å². The van der Waals surface area contributed by atoms with Crippen molar-refractivity contribution in [2.24, 2.45) is 0 Å². The fraction of sp³-hybridized carbons (Fsp3) is 0.222. The summed E-state index contributed by atoms with van der Waals surface area (Å²) in [7, 11) is 0. The standard InChI is InChI=1S/C6H4.C3H6O3/c1-2-6-4-3-5(1)6;1-2(4)3(5)6/h1-4H;2,4H,1H3,(H,5,6). The van der Waals surface area contributed by atoms with E-state index in [0.717, 1.165) is 0 Å². The number of hydrogen-bond acceptors (Lipinski definition) is 2. The fourth-order valence-corrected chi connectivity index (χ4v) is 0.663. The van der Waals surface area contributed by atoms with Crippen molar-refractivity contribution in [3.63, 3.8) is 0 Å². The zero-order valence-electron chi connectivity index (χ0n) is 6.69. The Labute approximate surface area is 70.3 Å². The Morgan fingerprint density at radius 3 is 1.50 bits per heavy atom. The summed E-state index contributed by atoms with van der Waals surface area (Å²) in [6.45, 7) is 1.20. The molecule has 2 aliphatic rings. The van der Waals surface area contributed by atoms with Gasteiger partial charge in [0.2, 0.25) is 0 Å². The van der Waals surface area contributed by atoms with Gasteiger partial charge in [-0.15, -0.1) is 0 Å². The van der Waals surface area contributed by atoms with Crippen molar-refractivity contribution >= 4 is 5.97 Å². The number of carboxylic acids is 1. The summed E-state index contributed by atoms with van der Waals surface area (Å²) in [5.74, 6) is -1.19. The van der Waals surface area contributed by atoms with E-state index in [0.29, 0.717) is 0 Å². The van der Waals surface area contributed by atoms with E-state index in [4.69, 9.17) is 10.2 Å². The molecule has 12 heavy (non-hydrogen) atoms. The molecule has 2 rings (SSSR count). The van der Waals surface area contributed by atoms with Crippen LogP contribution in [0, 0.1) is 0 Å². The topological polar surface area (TPSA) is 57.5 Å². The van der Waals surface area contributed by atoms with Crippen LogP contribution in [-0.2, 0) is 4.79 Å². The summed E-state index contributed by atoms with van der Waals surface area (Å²) in [4.78, 5) is 9.45. The van der Waals surface area contributed by atoms with Gasteiger partial charge in [-0.05, 0) is 18.1 Å². The fourth-order valence-electron chi connectivity index (χ4n) is 0.663. The molecule has 3 heteroatoms. The van der Waals surface area contributed by atoms with E-state index in [1.165, 1.54) is 18.1 Å². The highest BCUT2D eigenvalue weighted by atomic mass is 16.4. The third-order valence-electron chi connectivity index (χ3n) is 1.58. The molecule has 0 heterocycles. The van der Waals surface area contributed by atoms with Crippen molar-refractivity contribution in [1.29, 1.82) is 0 Å². The van der Waals surface area contributed by atoms with Gasteiger partial charge >= 0.3 is 5.97 Å². The average Bonchev–Trinajstić information content (AvgIpc) is 1.97. The van der Waals surface area contributed by atoms with E-state index >= 15 is 0 Å². The van der Waals surface area contributed by atoms with Crippen LogP contribution in [0.1, 0.15) is 6.92 Å². The van der Waals surface area contributed by atoms with E-state index in [1.807, 2.05) is 0 Å². The third-order valence-corrected chi connectivity index (χ3v) is 1.58. The molecule has 2 aliphatic carbocycles. The van der Waals surface area contributed by atoms with Crippen LogP contribution >= 0.6 is 0 Å². The zero-order chi connectivity index (χ0) is 9.14. The quantitative estimate of drug-likeness (QED) is 0.667. The highest BCUT2D eigenvalue weighted by molar-refractivity contribution is 5.75. The predicted octanol–water partition coefficient (Wildman–Crippen LogP) is 1.12. The SMILES string of the molecule is CC(O)C(=O)O.c1cc2ccc1-2. The third kappa shape index (κ3) is 1.83. The molecule has 1 atom stereocenters. The van der Waals surface area contributed by atoms with Gasteiger partial charge in [0.25, 0.3) is 0 Å². The zero-order valence-corrected chi connectivity index (χ0v) is 6.69. The second-order valence-corrected chi connectivity index (χ2v) is 2.59. The molecule has 0 bridgehead atoms. The number of aliphatic hydroxyl groups is 1. The largest absolute Gasteiger partial charge is 0.479 e. The van der Waals surface area contributed by atoms with E-state index in [-0.39, 0.29) is 0 Å². The van der Waals surface area contributed by atoms with Crippen molar-refractivity contribution in [3.05, 3.63) is 24.3 Å². The molecule has 0 saturated carbocycles. The molecule has 0 radical (unpaired) electrons. The van der Waals surface area contributed by atoms with Gasteiger partial charge in [0, 0.05) is 0 Å². The smallest absolute Gasteiger partial charge is 0.332 e. The molecular formula is C9H10O3. The molecule has 0 aromatic heterocycles. The Morgan fingerprint density at radius 1 is 1.25 bits per heavy atom. The maximum atomic E-state index is 9.45. The highest BCUT2D eigenvalue weighted by Gasteiger charge is 2.04. The summed E-state index contributed by atoms with van der Waals surface area (Å²) in [6.07, 6.45) is -1.23. The average molecular weight is 166 g/mol. The molecule has 0 amide bonds. The van der Waals surface area contributed by atoms with Crippen LogP contribution in [0.4, 0.5) is 0 Å². The summed E-state index contributed by atoms with van der Waals surface area (Å²) in [5.41, 5.74) is 2.85. The van der Waals surface area contributed by atoms with Gasteiger partial charge in [0.15, 0.2) is 0 Å². The number of carbonyl (C=O) groups is 1. The first kappa shape index (κ1) is 8.74. The second kappa shape index (κ2) is 3.36. The van der Waals surface area contributed by atoms with Crippen LogP contribution in [-0.4, -0.2) is 22.3 Å². The minimum Gasteiger partial charge on any atom is -0.479 e. The van der Waals surface area contributed by atoms with Gasteiger partial charge in [-0.1, -0.05) is 24.3 Å². The van der Waals surface area contributed by atoms with E-state index in [2.05, 4.69) is 24.3 Å². The molecule has 64 valence electrons. The van der Waals surface area contributed by atoms with Gasteiger partial charge in [0.05, 0.1) is 0 Å². The number of aliphatic carboxylic acids is 1. The summed E-state index contributed by atoms with van der Waals surface area (Å²) < 4.78 is 0. The van der Waals surface area contributed by atoms with Crippen molar-refractivity contribution < 1.29 is 15.0 Å².